The second kappa shape index (κ2) is 4.57. The first kappa shape index (κ1) is 10.7. The molecule has 0 bridgehead atoms. The van der Waals surface area contributed by atoms with Crippen molar-refractivity contribution in [3.05, 3.63) is 0 Å². The smallest absolute Gasteiger partial charge is 0.315 e. The third-order valence-electron chi connectivity index (χ3n) is 1.44. The average molecular weight is 181 g/mol. The van der Waals surface area contributed by atoms with Gasteiger partial charge in [-0.1, -0.05) is 0 Å². The summed E-state index contributed by atoms with van der Waals surface area (Å²) in [6.07, 6.45) is 0. The quantitative estimate of drug-likeness (QED) is 0.479. The van der Waals surface area contributed by atoms with Crippen LogP contribution in [-0.4, -0.2) is 32.7 Å². The van der Waals surface area contributed by atoms with Crippen molar-refractivity contribution in [2.45, 2.75) is 6.92 Å². The SMILES string of the molecule is COCC(C)(CCl)C(=O)OC. The van der Waals surface area contributed by atoms with Crippen molar-refractivity contribution in [1.82, 2.24) is 0 Å². The van der Waals surface area contributed by atoms with Crippen molar-refractivity contribution >= 4 is 17.6 Å². The molecular weight excluding hydrogens is 168 g/mol. The molecule has 0 aromatic rings. The molecule has 3 nitrogen and oxygen atoms in total. The van der Waals surface area contributed by atoms with Crippen LogP contribution in [-0.2, 0) is 14.3 Å². The Hall–Kier alpha value is -0.280. The highest BCUT2D eigenvalue weighted by Gasteiger charge is 2.33. The number of rotatable bonds is 4. The molecule has 0 heterocycles. The van der Waals surface area contributed by atoms with Crippen LogP contribution in [0.2, 0.25) is 0 Å². The summed E-state index contributed by atoms with van der Waals surface area (Å²) in [4.78, 5) is 11.1. The van der Waals surface area contributed by atoms with Crippen LogP contribution in [0.1, 0.15) is 6.92 Å². The van der Waals surface area contributed by atoms with Gasteiger partial charge in [0.25, 0.3) is 0 Å². The monoisotopic (exact) mass is 180 g/mol. The Kier molecular flexibility index (Phi) is 4.45. The van der Waals surface area contributed by atoms with E-state index in [1.54, 1.807) is 6.92 Å². The minimum absolute atomic E-state index is 0.202. The number of carbonyl (C=O) groups is 1. The van der Waals surface area contributed by atoms with Gasteiger partial charge in [0.15, 0.2) is 0 Å². The van der Waals surface area contributed by atoms with E-state index in [0.29, 0.717) is 0 Å². The van der Waals surface area contributed by atoms with Crippen LogP contribution < -0.4 is 0 Å². The molecule has 0 radical (unpaired) electrons. The number of methoxy groups -OCH3 is 2. The van der Waals surface area contributed by atoms with Gasteiger partial charge in [0.2, 0.25) is 0 Å². The zero-order chi connectivity index (χ0) is 8.91. The van der Waals surface area contributed by atoms with Crippen LogP contribution in [0.5, 0.6) is 0 Å². The first-order valence-corrected chi connectivity index (χ1v) is 3.77. The van der Waals surface area contributed by atoms with Gasteiger partial charge in [-0.05, 0) is 6.92 Å². The van der Waals surface area contributed by atoms with E-state index in [4.69, 9.17) is 16.3 Å². The van der Waals surface area contributed by atoms with Gasteiger partial charge in [-0.2, -0.15) is 0 Å². The Morgan fingerprint density at radius 1 is 1.55 bits per heavy atom. The van der Waals surface area contributed by atoms with Crippen molar-refractivity contribution in [2.75, 3.05) is 26.7 Å². The van der Waals surface area contributed by atoms with Gasteiger partial charge >= 0.3 is 5.97 Å². The zero-order valence-electron chi connectivity index (χ0n) is 7.02. The first-order valence-electron chi connectivity index (χ1n) is 3.24. The molecule has 0 aromatic heterocycles. The summed E-state index contributed by atoms with van der Waals surface area (Å²) >= 11 is 5.58. The number of halogens is 1. The van der Waals surface area contributed by atoms with E-state index in [1.807, 2.05) is 0 Å². The molecular formula is C7H13ClO3. The van der Waals surface area contributed by atoms with Crippen molar-refractivity contribution in [1.29, 1.82) is 0 Å². The summed E-state index contributed by atoms with van der Waals surface area (Å²) in [6, 6.07) is 0. The summed E-state index contributed by atoms with van der Waals surface area (Å²) in [5.41, 5.74) is -0.717. The maximum atomic E-state index is 11.1. The number of hydrogen-bond acceptors (Lipinski definition) is 3. The molecule has 1 atom stereocenters. The maximum Gasteiger partial charge on any atom is 0.315 e. The summed E-state index contributed by atoms with van der Waals surface area (Å²) < 4.78 is 9.39. The molecule has 66 valence electrons. The van der Waals surface area contributed by atoms with Gasteiger partial charge in [-0.25, -0.2) is 0 Å². The highest BCUT2D eigenvalue weighted by Crippen LogP contribution is 2.20. The Morgan fingerprint density at radius 2 is 2.09 bits per heavy atom. The van der Waals surface area contributed by atoms with Gasteiger partial charge in [-0.3, -0.25) is 4.79 Å². The molecule has 0 fully saturated rings. The summed E-state index contributed by atoms with van der Waals surface area (Å²) in [5, 5.41) is 0. The average Bonchev–Trinajstić information content (AvgIpc) is 2.03. The topological polar surface area (TPSA) is 35.5 Å². The molecule has 0 N–H and O–H groups in total. The fourth-order valence-electron chi connectivity index (χ4n) is 0.717. The lowest BCUT2D eigenvalue weighted by Gasteiger charge is -2.22. The van der Waals surface area contributed by atoms with Gasteiger partial charge in [0, 0.05) is 13.0 Å². The molecule has 11 heavy (non-hydrogen) atoms. The first-order chi connectivity index (χ1) is 5.10. The van der Waals surface area contributed by atoms with E-state index in [0.717, 1.165) is 0 Å². The minimum atomic E-state index is -0.717. The standard InChI is InChI=1S/C7H13ClO3/c1-7(4-8,5-10-2)6(9)11-3/h4-5H2,1-3H3. The van der Waals surface area contributed by atoms with E-state index in [9.17, 15) is 4.79 Å². The molecule has 0 amide bonds. The molecule has 0 spiro atoms. The largest absolute Gasteiger partial charge is 0.468 e. The molecule has 0 aromatic carbocycles. The third kappa shape index (κ3) is 2.67. The minimum Gasteiger partial charge on any atom is -0.468 e. The lowest BCUT2D eigenvalue weighted by atomic mass is 9.95. The second-order valence-corrected chi connectivity index (χ2v) is 2.89. The van der Waals surface area contributed by atoms with Crippen LogP contribution in [0, 0.1) is 5.41 Å². The van der Waals surface area contributed by atoms with E-state index in [1.165, 1.54) is 14.2 Å². The Balaban J connectivity index is 4.19. The zero-order valence-corrected chi connectivity index (χ0v) is 7.77. The molecule has 0 aliphatic rings. The molecule has 0 rings (SSSR count). The summed E-state index contributed by atoms with van der Waals surface area (Å²) in [6.45, 7) is 1.98. The van der Waals surface area contributed by atoms with Crippen LogP contribution >= 0.6 is 11.6 Å². The van der Waals surface area contributed by atoms with E-state index in [-0.39, 0.29) is 18.5 Å². The Bertz CT molecular complexity index is 138. The fraction of sp³-hybridized carbons (Fsp3) is 0.857. The molecule has 0 saturated heterocycles. The molecule has 1 unspecified atom stereocenters. The highest BCUT2D eigenvalue weighted by molar-refractivity contribution is 6.19. The lowest BCUT2D eigenvalue weighted by Crippen LogP contribution is -2.35. The molecule has 0 aliphatic heterocycles. The van der Waals surface area contributed by atoms with Crippen molar-refractivity contribution in [3.8, 4) is 0 Å². The van der Waals surface area contributed by atoms with E-state index < -0.39 is 5.41 Å². The van der Waals surface area contributed by atoms with E-state index >= 15 is 0 Å². The fourth-order valence-corrected chi connectivity index (χ4v) is 0.903. The maximum absolute atomic E-state index is 11.1. The van der Waals surface area contributed by atoms with Gasteiger partial charge in [0.1, 0.15) is 5.41 Å². The second-order valence-electron chi connectivity index (χ2n) is 2.62. The molecule has 0 aliphatic carbocycles. The number of esters is 1. The predicted molar refractivity (Wildman–Crippen MR) is 42.7 cm³/mol. The highest BCUT2D eigenvalue weighted by atomic mass is 35.5. The Labute approximate surface area is 71.6 Å². The number of carbonyl (C=O) groups excluding carboxylic acids is 1. The van der Waals surface area contributed by atoms with Gasteiger partial charge < -0.3 is 9.47 Å². The van der Waals surface area contributed by atoms with Gasteiger partial charge in [0.05, 0.1) is 13.7 Å². The lowest BCUT2D eigenvalue weighted by molar-refractivity contribution is -0.153. The van der Waals surface area contributed by atoms with E-state index in [2.05, 4.69) is 4.74 Å². The summed E-state index contributed by atoms with van der Waals surface area (Å²) in [7, 11) is 2.86. The molecule has 0 saturated carbocycles. The Morgan fingerprint density at radius 3 is 2.36 bits per heavy atom. The van der Waals surface area contributed by atoms with Crippen molar-refractivity contribution < 1.29 is 14.3 Å². The van der Waals surface area contributed by atoms with Crippen molar-refractivity contribution in [2.24, 2.45) is 5.41 Å². The normalized spacial score (nSPS) is 15.6. The number of ether oxygens (including phenoxy) is 2. The van der Waals surface area contributed by atoms with Crippen LogP contribution in [0.3, 0.4) is 0 Å². The van der Waals surface area contributed by atoms with Gasteiger partial charge in [-0.15, -0.1) is 11.6 Å². The van der Waals surface area contributed by atoms with Crippen LogP contribution in [0.4, 0.5) is 0 Å². The molecule has 4 heteroatoms. The van der Waals surface area contributed by atoms with Crippen LogP contribution in [0.25, 0.3) is 0 Å². The third-order valence-corrected chi connectivity index (χ3v) is 2.03. The number of alkyl halides is 1. The van der Waals surface area contributed by atoms with Crippen molar-refractivity contribution in [3.63, 3.8) is 0 Å². The summed E-state index contributed by atoms with van der Waals surface area (Å²) in [5.74, 6) is -0.137. The number of hydrogen-bond donors (Lipinski definition) is 0. The van der Waals surface area contributed by atoms with Crippen LogP contribution in [0.15, 0.2) is 0 Å². The predicted octanol–water partition coefficient (Wildman–Crippen LogP) is 1.05.